The lowest BCUT2D eigenvalue weighted by molar-refractivity contribution is 0.392. The summed E-state index contributed by atoms with van der Waals surface area (Å²) in [6.07, 6.45) is 0.884. The first-order valence-electron chi connectivity index (χ1n) is 9.36. The quantitative estimate of drug-likeness (QED) is 0.478. The minimum absolute atomic E-state index is 0.112. The zero-order chi connectivity index (χ0) is 19.1. The molecule has 4 nitrogen and oxygen atoms in total. The molecule has 0 saturated carbocycles. The largest absolute Gasteiger partial charge is 0.496 e. The number of aromatic nitrogens is 2. The summed E-state index contributed by atoms with van der Waals surface area (Å²) in [5.74, 6) is 1.77. The number of nitrogens with one attached hydrogen (secondary N) is 1. The summed E-state index contributed by atoms with van der Waals surface area (Å²) in [5.41, 5.74) is 4.47. The topological polar surface area (TPSA) is 39.1 Å². The molecule has 0 radical (unpaired) electrons. The average Bonchev–Trinajstić information content (AvgIpc) is 3.12. The minimum Gasteiger partial charge on any atom is -0.496 e. The zero-order valence-electron chi connectivity index (χ0n) is 15.5. The lowest BCUT2D eigenvalue weighted by Crippen LogP contribution is -2.27. The molecule has 4 aromatic rings. The van der Waals surface area contributed by atoms with Gasteiger partial charge in [-0.1, -0.05) is 54.1 Å². The highest BCUT2D eigenvalue weighted by Gasteiger charge is 2.32. The Hall–Kier alpha value is -2.98. The molecule has 5 heteroatoms. The predicted molar refractivity (Wildman–Crippen MR) is 113 cm³/mol. The maximum absolute atomic E-state index is 6.10. The molecule has 1 aliphatic heterocycles. The molecule has 0 bridgehead atoms. The van der Waals surface area contributed by atoms with Crippen molar-refractivity contribution in [2.75, 3.05) is 12.4 Å². The minimum atomic E-state index is 0.112. The van der Waals surface area contributed by atoms with E-state index in [9.17, 15) is 0 Å². The van der Waals surface area contributed by atoms with Crippen molar-refractivity contribution < 1.29 is 4.74 Å². The number of halogens is 1. The molecule has 0 unspecified atom stereocenters. The monoisotopic (exact) mass is 389 g/mol. The van der Waals surface area contributed by atoms with Crippen LogP contribution in [0.4, 0.5) is 5.95 Å². The Kier molecular flexibility index (Phi) is 4.21. The Morgan fingerprint density at radius 2 is 1.75 bits per heavy atom. The summed E-state index contributed by atoms with van der Waals surface area (Å²) in [6, 6.07) is 24.8. The van der Waals surface area contributed by atoms with Gasteiger partial charge in [-0.2, -0.15) is 0 Å². The molecule has 2 heterocycles. The van der Waals surface area contributed by atoms with E-state index < -0.39 is 0 Å². The molecule has 1 aliphatic rings. The highest BCUT2D eigenvalue weighted by atomic mass is 35.5. The highest BCUT2D eigenvalue weighted by molar-refractivity contribution is 6.30. The van der Waals surface area contributed by atoms with Crippen LogP contribution < -0.4 is 10.1 Å². The number of rotatable bonds is 3. The number of hydrogen-bond acceptors (Lipinski definition) is 3. The van der Waals surface area contributed by atoms with E-state index in [1.54, 1.807) is 7.11 Å². The van der Waals surface area contributed by atoms with Crippen LogP contribution in [0.1, 0.15) is 29.6 Å². The van der Waals surface area contributed by atoms with Crippen LogP contribution in [0.15, 0.2) is 72.8 Å². The van der Waals surface area contributed by atoms with E-state index in [1.807, 2.05) is 30.3 Å². The number of ether oxygens (including phenoxy) is 1. The molecule has 0 aliphatic carbocycles. The number of hydrogen-bond donors (Lipinski definition) is 1. The molecule has 0 spiro atoms. The standard InChI is InChI=1S/C23H20ClN3O/c1-28-22-9-5-2-6-17(22)21-14-19(15-10-12-16(24)13-11-15)26-23-25-18-7-3-4-8-20(18)27(21)23/h2-13,19,21H,14H2,1H3,(H,25,26)/t19-,21-/m0/s1. The maximum Gasteiger partial charge on any atom is 0.204 e. The van der Waals surface area contributed by atoms with Gasteiger partial charge in [0.15, 0.2) is 0 Å². The van der Waals surface area contributed by atoms with E-state index in [-0.39, 0.29) is 12.1 Å². The van der Waals surface area contributed by atoms with E-state index in [4.69, 9.17) is 21.3 Å². The second-order valence-electron chi connectivity index (χ2n) is 7.04. The highest BCUT2D eigenvalue weighted by Crippen LogP contribution is 2.43. The molecule has 28 heavy (non-hydrogen) atoms. The number of benzene rings is 3. The van der Waals surface area contributed by atoms with Gasteiger partial charge < -0.3 is 14.6 Å². The Balaban J connectivity index is 1.68. The summed E-state index contributed by atoms with van der Waals surface area (Å²) < 4.78 is 7.98. The number of anilines is 1. The normalized spacial score (nSPS) is 18.5. The lowest BCUT2D eigenvalue weighted by atomic mass is 9.92. The van der Waals surface area contributed by atoms with Crippen LogP contribution in [0.2, 0.25) is 5.02 Å². The van der Waals surface area contributed by atoms with Gasteiger partial charge in [-0.25, -0.2) is 4.98 Å². The first kappa shape index (κ1) is 17.1. The molecule has 5 rings (SSSR count). The molecule has 1 aromatic heterocycles. The van der Waals surface area contributed by atoms with Gasteiger partial charge in [0, 0.05) is 10.6 Å². The van der Waals surface area contributed by atoms with Crippen LogP contribution in [-0.2, 0) is 0 Å². The van der Waals surface area contributed by atoms with E-state index in [1.165, 1.54) is 5.56 Å². The number of methoxy groups -OCH3 is 1. The Morgan fingerprint density at radius 3 is 2.57 bits per heavy atom. The average molecular weight is 390 g/mol. The summed E-state index contributed by atoms with van der Waals surface area (Å²) in [7, 11) is 1.73. The van der Waals surface area contributed by atoms with Gasteiger partial charge in [0.2, 0.25) is 5.95 Å². The van der Waals surface area contributed by atoms with E-state index in [2.05, 4.69) is 52.3 Å². The second-order valence-corrected chi connectivity index (χ2v) is 7.47. The third-order valence-electron chi connectivity index (χ3n) is 5.44. The van der Waals surface area contributed by atoms with Crippen molar-refractivity contribution in [3.05, 3.63) is 88.9 Å². The molecular weight excluding hydrogens is 370 g/mol. The summed E-state index contributed by atoms with van der Waals surface area (Å²) in [4.78, 5) is 4.86. The van der Waals surface area contributed by atoms with Gasteiger partial charge >= 0.3 is 0 Å². The maximum atomic E-state index is 6.10. The van der Waals surface area contributed by atoms with Crippen LogP contribution in [0.25, 0.3) is 11.0 Å². The Labute approximate surface area is 168 Å². The smallest absolute Gasteiger partial charge is 0.204 e. The molecule has 1 N–H and O–H groups in total. The molecule has 140 valence electrons. The van der Waals surface area contributed by atoms with Crippen molar-refractivity contribution in [2.45, 2.75) is 18.5 Å². The zero-order valence-corrected chi connectivity index (χ0v) is 16.2. The van der Waals surface area contributed by atoms with Crippen LogP contribution in [0.3, 0.4) is 0 Å². The molecule has 0 saturated heterocycles. The Morgan fingerprint density at radius 1 is 1.00 bits per heavy atom. The summed E-state index contributed by atoms with van der Waals surface area (Å²) >= 11 is 6.10. The Bertz CT molecular complexity index is 1140. The van der Waals surface area contributed by atoms with E-state index >= 15 is 0 Å². The van der Waals surface area contributed by atoms with Crippen molar-refractivity contribution >= 4 is 28.6 Å². The number of imidazole rings is 1. The number of fused-ring (bicyclic) bond motifs is 3. The van der Waals surface area contributed by atoms with Crippen molar-refractivity contribution in [1.82, 2.24) is 9.55 Å². The fourth-order valence-electron chi connectivity index (χ4n) is 4.13. The molecule has 2 atom stereocenters. The van der Waals surface area contributed by atoms with Crippen molar-refractivity contribution in [1.29, 1.82) is 0 Å². The predicted octanol–water partition coefficient (Wildman–Crippen LogP) is 5.84. The van der Waals surface area contributed by atoms with Gasteiger partial charge in [-0.3, -0.25) is 0 Å². The fraction of sp³-hybridized carbons (Fsp3) is 0.174. The molecule has 3 aromatic carbocycles. The first-order valence-corrected chi connectivity index (χ1v) is 9.74. The van der Waals surface area contributed by atoms with Crippen molar-refractivity contribution in [2.24, 2.45) is 0 Å². The van der Waals surface area contributed by atoms with Gasteiger partial charge in [0.25, 0.3) is 0 Å². The number of nitrogens with zero attached hydrogens (tertiary/aromatic N) is 2. The third-order valence-corrected chi connectivity index (χ3v) is 5.69. The fourth-order valence-corrected chi connectivity index (χ4v) is 4.25. The summed E-state index contributed by atoms with van der Waals surface area (Å²) in [5, 5.41) is 4.37. The van der Waals surface area contributed by atoms with Gasteiger partial charge in [0.1, 0.15) is 5.75 Å². The van der Waals surface area contributed by atoms with Crippen molar-refractivity contribution in [3.8, 4) is 5.75 Å². The molecule has 0 fully saturated rings. The third kappa shape index (κ3) is 2.81. The molecule has 0 amide bonds. The SMILES string of the molecule is COc1ccccc1[C@@H]1C[C@@H](c2ccc(Cl)cc2)Nc2nc3ccccc3n21. The second kappa shape index (κ2) is 6.88. The van der Waals surface area contributed by atoms with Crippen LogP contribution in [-0.4, -0.2) is 16.7 Å². The first-order chi connectivity index (χ1) is 13.7. The van der Waals surface area contributed by atoms with Gasteiger partial charge in [-0.05, 0) is 42.3 Å². The summed E-state index contributed by atoms with van der Waals surface area (Å²) in [6.45, 7) is 0. The van der Waals surface area contributed by atoms with E-state index in [0.29, 0.717) is 0 Å². The lowest BCUT2D eigenvalue weighted by Gasteiger charge is -2.34. The van der Waals surface area contributed by atoms with Gasteiger partial charge in [-0.15, -0.1) is 0 Å². The van der Waals surface area contributed by atoms with E-state index in [0.717, 1.165) is 39.7 Å². The van der Waals surface area contributed by atoms with Crippen LogP contribution in [0.5, 0.6) is 5.75 Å². The van der Waals surface area contributed by atoms with Crippen molar-refractivity contribution in [3.63, 3.8) is 0 Å². The van der Waals surface area contributed by atoms with Gasteiger partial charge in [0.05, 0.1) is 30.2 Å². The number of para-hydroxylation sites is 3. The molecular formula is C23H20ClN3O. The van der Waals surface area contributed by atoms with Crippen LogP contribution >= 0.6 is 11.6 Å². The van der Waals surface area contributed by atoms with Crippen LogP contribution in [0, 0.1) is 0 Å².